The summed E-state index contributed by atoms with van der Waals surface area (Å²) >= 11 is 0. The van der Waals surface area contributed by atoms with Gasteiger partial charge in [-0.3, -0.25) is 4.79 Å². The average molecular weight is 309 g/mol. The molecule has 0 spiro atoms. The van der Waals surface area contributed by atoms with Crippen molar-refractivity contribution in [2.45, 2.75) is 32.8 Å². The SMILES string of the molecule is CCOc1ccc(NC(=O)[C@](C)(CC)OC)cc1C(=O)OC. The van der Waals surface area contributed by atoms with Gasteiger partial charge >= 0.3 is 5.97 Å². The van der Waals surface area contributed by atoms with Crippen molar-refractivity contribution in [3.63, 3.8) is 0 Å². The number of anilines is 1. The predicted molar refractivity (Wildman–Crippen MR) is 83.3 cm³/mol. The molecule has 0 heterocycles. The van der Waals surface area contributed by atoms with Crippen LogP contribution < -0.4 is 10.1 Å². The van der Waals surface area contributed by atoms with Crippen LogP contribution in [0.5, 0.6) is 5.75 Å². The molecule has 6 nitrogen and oxygen atoms in total. The van der Waals surface area contributed by atoms with Crippen LogP contribution in [-0.4, -0.2) is 38.3 Å². The second kappa shape index (κ2) is 7.79. The summed E-state index contributed by atoms with van der Waals surface area (Å²) in [5.41, 5.74) is -0.187. The maximum atomic E-state index is 12.3. The molecule has 1 rings (SSSR count). The van der Waals surface area contributed by atoms with Crippen LogP contribution in [0.3, 0.4) is 0 Å². The first-order valence-corrected chi connectivity index (χ1v) is 7.13. The van der Waals surface area contributed by atoms with E-state index >= 15 is 0 Å². The minimum absolute atomic E-state index is 0.262. The van der Waals surface area contributed by atoms with Gasteiger partial charge in [0.15, 0.2) is 0 Å². The molecule has 0 aliphatic heterocycles. The molecule has 0 saturated heterocycles. The molecular weight excluding hydrogens is 286 g/mol. The Morgan fingerprint density at radius 3 is 2.41 bits per heavy atom. The van der Waals surface area contributed by atoms with E-state index in [1.54, 1.807) is 19.1 Å². The second-order valence-electron chi connectivity index (χ2n) is 4.88. The van der Waals surface area contributed by atoms with Gasteiger partial charge in [0.25, 0.3) is 5.91 Å². The van der Waals surface area contributed by atoms with Crippen molar-refractivity contribution in [3.8, 4) is 5.75 Å². The van der Waals surface area contributed by atoms with Gasteiger partial charge in [-0.05, 0) is 38.5 Å². The molecule has 0 unspecified atom stereocenters. The van der Waals surface area contributed by atoms with Gasteiger partial charge in [0.2, 0.25) is 0 Å². The zero-order valence-electron chi connectivity index (χ0n) is 13.7. The van der Waals surface area contributed by atoms with Crippen LogP contribution in [0.15, 0.2) is 18.2 Å². The first-order valence-electron chi connectivity index (χ1n) is 7.13. The van der Waals surface area contributed by atoms with E-state index in [9.17, 15) is 9.59 Å². The monoisotopic (exact) mass is 309 g/mol. The molecule has 1 aromatic rings. The predicted octanol–water partition coefficient (Wildman–Crippen LogP) is 2.63. The Bertz CT molecular complexity index is 537. The summed E-state index contributed by atoms with van der Waals surface area (Å²) < 4.78 is 15.4. The highest BCUT2D eigenvalue weighted by molar-refractivity contribution is 5.99. The minimum Gasteiger partial charge on any atom is -0.493 e. The molecule has 0 saturated carbocycles. The molecule has 1 N–H and O–H groups in total. The topological polar surface area (TPSA) is 73.9 Å². The van der Waals surface area contributed by atoms with Crippen molar-refractivity contribution in [2.75, 3.05) is 26.1 Å². The minimum atomic E-state index is -0.927. The number of methoxy groups -OCH3 is 2. The first-order chi connectivity index (χ1) is 10.4. The molecule has 0 aliphatic rings. The van der Waals surface area contributed by atoms with E-state index in [0.717, 1.165) is 0 Å². The lowest BCUT2D eigenvalue weighted by molar-refractivity contribution is -0.136. The number of hydrogen-bond donors (Lipinski definition) is 1. The van der Waals surface area contributed by atoms with Crippen LogP contribution >= 0.6 is 0 Å². The van der Waals surface area contributed by atoms with E-state index in [1.807, 2.05) is 13.8 Å². The Morgan fingerprint density at radius 1 is 1.23 bits per heavy atom. The molecular formula is C16H23NO5. The summed E-state index contributed by atoms with van der Waals surface area (Å²) in [6.45, 7) is 5.81. The van der Waals surface area contributed by atoms with E-state index in [4.69, 9.17) is 14.2 Å². The average Bonchev–Trinajstić information content (AvgIpc) is 2.54. The van der Waals surface area contributed by atoms with Gasteiger partial charge in [-0.25, -0.2) is 4.79 Å². The third kappa shape index (κ3) is 3.98. The zero-order valence-corrected chi connectivity index (χ0v) is 13.7. The number of esters is 1. The van der Waals surface area contributed by atoms with Crippen LogP contribution in [0, 0.1) is 0 Å². The van der Waals surface area contributed by atoms with Crippen LogP contribution in [0.1, 0.15) is 37.6 Å². The summed E-state index contributed by atoms with van der Waals surface area (Å²) in [5, 5.41) is 2.75. The number of carbonyl (C=O) groups is 2. The van der Waals surface area contributed by atoms with E-state index in [2.05, 4.69) is 5.32 Å². The Hall–Kier alpha value is -2.08. The van der Waals surface area contributed by atoms with Crippen molar-refractivity contribution < 1.29 is 23.8 Å². The summed E-state index contributed by atoms with van der Waals surface area (Å²) in [4.78, 5) is 24.1. The largest absolute Gasteiger partial charge is 0.493 e. The number of amides is 1. The Balaban J connectivity index is 3.07. The number of benzene rings is 1. The van der Waals surface area contributed by atoms with Crippen molar-refractivity contribution in [2.24, 2.45) is 0 Å². The molecule has 122 valence electrons. The van der Waals surface area contributed by atoms with Gasteiger partial charge < -0.3 is 19.5 Å². The molecule has 0 radical (unpaired) electrons. The van der Waals surface area contributed by atoms with Crippen LogP contribution in [0.2, 0.25) is 0 Å². The van der Waals surface area contributed by atoms with E-state index < -0.39 is 11.6 Å². The molecule has 0 bridgehead atoms. The Morgan fingerprint density at radius 2 is 1.91 bits per heavy atom. The van der Waals surface area contributed by atoms with E-state index in [1.165, 1.54) is 20.3 Å². The van der Waals surface area contributed by atoms with Crippen LogP contribution in [-0.2, 0) is 14.3 Å². The van der Waals surface area contributed by atoms with Gasteiger partial charge in [0, 0.05) is 12.8 Å². The first kappa shape index (κ1) is 18.0. The Labute approximate surface area is 130 Å². The summed E-state index contributed by atoms with van der Waals surface area (Å²) in [5.74, 6) is -0.389. The van der Waals surface area contributed by atoms with Gasteiger partial charge in [0.05, 0.1) is 13.7 Å². The summed E-state index contributed by atoms with van der Waals surface area (Å²) in [6.07, 6.45) is 0.524. The smallest absolute Gasteiger partial charge is 0.341 e. The second-order valence-corrected chi connectivity index (χ2v) is 4.88. The van der Waals surface area contributed by atoms with Gasteiger partial charge in [-0.1, -0.05) is 6.92 Å². The zero-order chi connectivity index (χ0) is 16.8. The highest BCUT2D eigenvalue weighted by atomic mass is 16.5. The number of ether oxygens (including phenoxy) is 3. The molecule has 1 atom stereocenters. The number of hydrogen-bond acceptors (Lipinski definition) is 5. The standard InChI is InChI=1S/C16H23NO5/c1-6-16(3,21-5)15(19)17-11-8-9-13(22-7-2)12(10-11)14(18)20-4/h8-10H,6-7H2,1-5H3,(H,17,19)/t16-/m0/s1. The van der Waals surface area contributed by atoms with Crippen molar-refractivity contribution in [1.29, 1.82) is 0 Å². The number of carbonyl (C=O) groups excluding carboxylic acids is 2. The third-order valence-electron chi connectivity index (χ3n) is 3.55. The molecule has 1 amide bonds. The van der Waals surface area contributed by atoms with E-state index in [-0.39, 0.29) is 11.5 Å². The fourth-order valence-electron chi connectivity index (χ4n) is 1.82. The summed E-state index contributed by atoms with van der Waals surface area (Å²) in [7, 11) is 2.78. The van der Waals surface area contributed by atoms with Gasteiger partial charge in [-0.15, -0.1) is 0 Å². The highest BCUT2D eigenvalue weighted by Gasteiger charge is 2.31. The molecule has 0 aromatic heterocycles. The highest BCUT2D eigenvalue weighted by Crippen LogP contribution is 2.25. The van der Waals surface area contributed by atoms with Crippen LogP contribution in [0.25, 0.3) is 0 Å². The quantitative estimate of drug-likeness (QED) is 0.784. The van der Waals surface area contributed by atoms with Crippen molar-refractivity contribution in [1.82, 2.24) is 0 Å². The number of nitrogens with one attached hydrogen (secondary N) is 1. The molecule has 6 heteroatoms. The van der Waals surface area contributed by atoms with Gasteiger partial charge in [0.1, 0.15) is 16.9 Å². The summed E-state index contributed by atoms with van der Waals surface area (Å²) in [6, 6.07) is 4.82. The maximum Gasteiger partial charge on any atom is 0.341 e. The fourth-order valence-corrected chi connectivity index (χ4v) is 1.82. The van der Waals surface area contributed by atoms with Crippen LogP contribution in [0.4, 0.5) is 5.69 Å². The van der Waals surface area contributed by atoms with Crippen molar-refractivity contribution in [3.05, 3.63) is 23.8 Å². The molecule has 22 heavy (non-hydrogen) atoms. The lowest BCUT2D eigenvalue weighted by Gasteiger charge is -2.25. The Kier molecular flexibility index (Phi) is 6.37. The lowest BCUT2D eigenvalue weighted by atomic mass is 10.0. The fraction of sp³-hybridized carbons (Fsp3) is 0.500. The molecule has 0 aliphatic carbocycles. The van der Waals surface area contributed by atoms with E-state index in [0.29, 0.717) is 24.5 Å². The maximum absolute atomic E-state index is 12.3. The van der Waals surface area contributed by atoms with Gasteiger partial charge in [-0.2, -0.15) is 0 Å². The molecule has 1 aromatic carbocycles. The normalized spacial score (nSPS) is 13.1. The third-order valence-corrected chi connectivity index (χ3v) is 3.55. The van der Waals surface area contributed by atoms with Crippen molar-refractivity contribution >= 4 is 17.6 Å². The molecule has 0 fully saturated rings. The number of rotatable bonds is 7. The lowest BCUT2D eigenvalue weighted by Crippen LogP contribution is -2.41.